The molecule has 2 aromatic carbocycles. The van der Waals surface area contributed by atoms with Crippen LogP contribution in [0.25, 0.3) is 16.9 Å². The molecular weight excluding hydrogens is 709 g/mol. The molecular formula is C42H48N10O4. The molecule has 2 saturated heterocycles. The molecule has 8 rings (SSSR count). The van der Waals surface area contributed by atoms with E-state index < -0.39 is 5.60 Å². The number of anilines is 4. The number of amides is 2. The Kier molecular flexibility index (Phi) is 10.4. The van der Waals surface area contributed by atoms with Crippen molar-refractivity contribution in [2.75, 3.05) is 48.3 Å². The second-order valence-corrected chi connectivity index (χ2v) is 14.9. The smallest absolute Gasteiger partial charge is 0.278 e. The van der Waals surface area contributed by atoms with Crippen LogP contribution < -0.4 is 26.4 Å². The van der Waals surface area contributed by atoms with Crippen LogP contribution >= 0.6 is 0 Å². The molecule has 290 valence electrons. The lowest BCUT2D eigenvalue weighted by Gasteiger charge is -2.36. The molecule has 3 aromatic heterocycles. The predicted octanol–water partition coefficient (Wildman–Crippen LogP) is 4.42. The van der Waals surface area contributed by atoms with Crippen molar-refractivity contribution in [3.8, 4) is 5.82 Å². The maximum absolute atomic E-state index is 13.5. The van der Waals surface area contributed by atoms with Crippen molar-refractivity contribution >= 4 is 45.9 Å². The fraction of sp³-hybridized carbons (Fsp3) is 0.381. The van der Waals surface area contributed by atoms with Crippen LogP contribution in [-0.2, 0) is 34.6 Å². The normalized spacial score (nSPS) is 19.9. The molecule has 4 N–H and O–H groups in total. The van der Waals surface area contributed by atoms with Crippen molar-refractivity contribution in [3.05, 3.63) is 107 Å². The van der Waals surface area contributed by atoms with Gasteiger partial charge >= 0.3 is 0 Å². The van der Waals surface area contributed by atoms with Gasteiger partial charge in [0, 0.05) is 55.9 Å². The van der Waals surface area contributed by atoms with Gasteiger partial charge in [0.25, 0.3) is 5.56 Å². The molecule has 3 aliphatic rings. The first-order chi connectivity index (χ1) is 27.2. The predicted molar refractivity (Wildman–Crippen MR) is 217 cm³/mol. The third kappa shape index (κ3) is 7.54. The number of aromatic nitrogens is 5. The van der Waals surface area contributed by atoms with Crippen LogP contribution in [0.5, 0.6) is 0 Å². The number of piperazine rings is 1. The Bertz CT molecular complexity index is 2310. The van der Waals surface area contributed by atoms with Crippen LogP contribution in [0.1, 0.15) is 55.8 Å². The van der Waals surface area contributed by atoms with E-state index in [1.807, 2.05) is 43.3 Å². The molecule has 5 heterocycles. The molecule has 2 amide bonds. The van der Waals surface area contributed by atoms with Gasteiger partial charge in [-0.2, -0.15) is 4.98 Å². The third-order valence-corrected chi connectivity index (χ3v) is 11.3. The molecule has 56 heavy (non-hydrogen) atoms. The number of fused-ring (bicyclic) bond motifs is 2. The maximum atomic E-state index is 13.5. The van der Waals surface area contributed by atoms with E-state index >= 15 is 0 Å². The fourth-order valence-electron chi connectivity index (χ4n) is 8.03. The zero-order chi connectivity index (χ0) is 38.8. The molecule has 0 bridgehead atoms. The largest absolute Gasteiger partial charge is 0.384 e. The van der Waals surface area contributed by atoms with Crippen LogP contribution in [0.4, 0.5) is 23.0 Å². The second-order valence-electron chi connectivity index (χ2n) is 14.9. The summed E-state index contributed by atoms with van der Waals surface area (Å²) < 4.78 is 3.25. The summed E-state index contributed by atoms with van der Waals surface area (Å²) in [4.78, 5) is 56.1. The Morgan fingerprint density at radius 3 is 2.46 bits per heavy atom. The average Bonchev–Trinajstić information content (AvgIpc) is 3.69. The topological polar surface area (TPSA) is 163 Å². The Morgan fingerprint density at radius 1 is 0.964 bits per heavy atom. The van der Waals surface area contributed by atoms with Crippen LogP contribution in [0.2, 0.25) is 0 Å². The van der Waals surface area contributed by atoms with Gasteiger partial charge in [-0.05, 0) is 98.7 Å². The minimum Gasteiger partial charge on any atom is -0.384 e. The molecule has 0 saturated carbocycles. The Balaban J connectivity index is 0.852. The number of pyridine rings is 1. The molecule has 14 heteroatoms. The number of allylic oxidation sites excluding steroid dienone is 1. The molecule has 1 unspecified atom stereocenters. The van der Waals surface area contributed by atoms with Gasteiger partial charge in [0.2, 0.25) is 17.8 Å². The van der Waals surface area contributed by atoms with Crippen LogP contribution in [0, 0.1) is 0 Å². The number of nitrogens with one attached hydrogen (secondary N) is 3. The van der Waals surface area contributed by atoms with E-state index in [1.54, 1.807) is 21.6 Å². The Labute approximate surface area is 325 Å². The summed E-state index contributed by atoms with van der Waals surface area (Å²) in [6.45, 7) is 11.0. The summed E-state index contributed by atoms with van der Waals surface area (Å²) >= 11 is 0. The molecule has 1 aliphatic carbocycles. The summed E-state index contributed by atoms with van der Waals surface area (Å²) in [5.41, 5.74) is 5.02. The van der Waals surface area contributed by atoms with E-state index in [2.05, 4.69) is 61.6 Å². The maximum Gasteiger partial charge on any atom is 0.278 e. The number of nitrogens with zero attached hydrogens (tertiary/aromatic N) is 7. The van der Waals surface area contributed by atoms with E-state index in [1.165, 1.54) is 11.3 Å². The molecule has 0 radical (unpaired) electrons. The van der Waals surface area contributed by atoms with Crippen LogP contribution in [0.15, 0.2) is 84.3 Å². The fourth-order valence-corrected chi connectivity index (χ4v) is 8.03. The SMILES string of the molecule is C=CCn1c(=O)c2cnc(Nc3ccc(CCCN4CCN(c5ccc(NC6CCC(=O)NC6=O)cc5)CC4)cc3)nc2n1-c1ccc2c(n1)[C@@](O)(CC)CC2. The van der Waals surface area contributed by atoms with E-state index in [0.717, 1.165) is 68.9 Å². The summed E-state index contributed by atoms with van der Waals surface area (Å²) in [6.07, 6.45) is 8.04. The lowest BCUT2D eigenvalue weighted by atomic mass is 9.98. The zero-order valence-electron chi connectivity index (χ0n) is 31.7. The van der Waals surface area contributed by atoms with E-state index in [4.69, 9.17) is 9.97 Å². The minimum absolute atomic E-state index is 0.211. The van der Waals surface area contributed by atoms with Crippen molar-refractivity contribution in [1.29, 1.82) is 0 Å². The molecule has 2 atom stereocenters. The van der Waals surface area contributed by atoms with Gasteiger partial charge < -0.3 is 20.6 Å². The summed E-state index contributed by atoms with van der Waals surface area (Å²) in [5, 5.41) is 20.6. The number of benzene rings is 2. The molecule has 2 aliphatic heterocycles. The van der Waals surface area contributed by atoms with Crippen LogP contribution in [0.3, 0.4) is 0 Å². The van der Waals surface area contributed by atoms with Crippen molar-refractivity contribution in [1.82, 2.24) is 34.5 Å². The highest BCUT2D eigenvalue weighted by atomic mass is 16.3. The number of imide groups is 1. The van der Waals surface area contributed by atoms with Gasteiger partial charge in [-0.1, -0.05) is 31.2 Å². The van der Waals surface area contributed by atoms with Gasteiger partial charge in [-0.25, -0.2) is 19.3 Å². The quantitative estimate of drug-likeness (QED) is 0.0994. The van der Waals surface area contributed by atoms with Crippen molar-refractivity contribution in [2.24, 2.45) is 0 Å². The molecule has 14 nitrogen and oxygen atoms in total. The summed E-state index contributed by atoms with van der Waals surface area (Å²) in [5.74, 6) is 0.395. The van der Waals surface area contributed by atoms with Gasteiger partial charge in [0.15, 0.2) is 11.5 Å². The third-order valence-electron chi connectivity index (χ3n) is 11.3. The van der Waals surface area contributed by atoms with Crippen molar-refractivity contribution in [3.63, 3.8) is 0 Å². The van der Waals surface area contributed by atoms with E-state index in [0.29, 0.717) is 54.2 Å². The summed E-state index contributed by atoms with van der Waals surface area (Å²) in [7, 11) is 0. The summed E-state index contributed by atoms with van der Waals surface area (Å²) in [6, 6.07) is 19.9. The zero-order valence-corrected chi connectivity index (χ0v) is 31.7. The highest BCUT2D eigenvalue weighted by Crippen LogP contribution is 2.38. The standard InChI is InChI=1S/C42H48N10O4/c1-3-21-51-40(55)33-27-43-41(48-38(33)52(51)35-17-9-29-19-20-42(56,4-2)37(29)46-35)45-31-10-7-28(8-11-31)6-5-22-49-23-25-50(26-24-49)32-14-12-30(13-15-32)44-34-16-18-36(53)47-39(34)54/h3,7-15,17,27,34,44,56H,1,4-6,16,18-26H2,2H3,(H,43,45,48)(H,47,53,54)/t34?,42-/m1/s1. The van der Waals surface area contributed by atoms with Gasteiger partial charge in [0.05, 0.1) is 12.2 Å². The van der Waals surface area contributed by atoms with Crippen LogP contribution in [-0.4, -0.2) is 84.9 Å². The number of piperidine rings is 1. The highest BCUT2D eigenvalue weighted by Gasteiger charge is 2.37. The Morgan fingerprint density at radius 2 is 1.73 bits per heavy atom. The highest BCUT2D eigenvalue weighted by molar-refractivity contribution is 6.01. The number of hydrogen-bond acceptors (Lipinski definition) is 11. The number of rotatable bonds is 13. The first-order valence-corrected chi connectivity index (χ1v) is 19.6. The lowest BCUT2D eigenvalue weighted by molar-refractivity contribution is -0.133. The van der Waals surface area contributed by atoms with Gasteiger partial charge in [-0.15, -0.1) is 6.58 Å². The average molecular weight is 757 g/mol. The number of carbonyl (C=O) groups excluding carboxylic acids is 2. The van der Waals surface area contributed by atoms with Gasteiger partial charge in [0.1, 0.15) is 17.0 Å². The number of carbonyl (C=O) groups is 2. The number of aryl methyl sites for hydroxylation is 2. The second kappa shape index (κ2) is 15.7. The monoisotopic (exact) mass is 756 g/mol. The van der Waals surface area contributed by atoms with Crippen molar-refractivity contribution in [2.45, 2.75) is 70.1 Å². The molecule has 0 spiro atoms. The van der Waals surface area contributed by atoms with Gasteiger partial charge in [-0.3, -0.25) is 24.6 Å². The first-order valence-electron chi connectivity index (χ1n) is 19.6. The number of aliphatic hydroxyl groups is 1. The lowest BCUT2D eigenvalue weighted by Crippen LogP contribution is -2.47. The van der Waals surface area contributed by atoms with Crippen molar-refractivity contribution < 1.29 is 14.7 Å². The molecule has 2 fully saturated rings. The molecule has 5 aromatic rings. The Hall–Kier alpha value is -5.86. The van der Waals surface area contributed by atoms with E-state index in [9.17, 15) is 19.5 Å². The minimum atomic E-state index is -0.987. The first kappa shape index (κ1) is 37.1. The van der Waals surface area contributed by atoms with E-state index in [-0.39, 0.29) is 30.0 Å². The number of hydrogen-bond donors (Lipinski definition) is 4.